The Bertz CT molecular complexity index is 749. The van der Waals surface area contributed by atoms with Crippen LogP contribution in [0.2, 0.25) is 0 Å². The Morgan fingerprint density at radius 3 is 2.41 bits per heavy atom. The second-order valence-electron chi connectivity index (χ2n) is 9.90. The maximum Gasteiger partial charge on any atom is 0.220 e. The van der Waals surface area contributed by atoms with E-state index < -0.39 is 0 Å². The topological polar surface area (TPSA) is 80.4 Å². The van der Waals surface area contributed by atoms with Gasteiger partial charge < -0.3 is 10.8 Å². The molecule has 0 saturated heterocycles. The number of aromatic hydroxyl groups is 1. The molecule has 0 bridgehead atoms. The molecule has 3 rings (SSSR count). The maximum atomic E-state index is 13.7. The molecular formula is C23H33NO3. The van der Waals surface area contributed by atoms with Crippen molar-refractivity contribution < 1.29 is 14.7 Å². The largest absolute Gasteiger partial charge is 0.508 e. The first kappa shape index (κ1) is 19.9. The smallest absolute Gasteiger partial charge is 0.220 e. The molecule has 2 saturated carbocycles. The molecule has 1 amide bonds. The number of ketones is 1. The van der Waals surface area contributed by atoms with E-state index >= 15 is 0 Å². The van der Waals surface area contributed by atoms with Crippen molar-refractivity contribution in [3.8, 4) is 5.75 Å². The lowest BCUT2D eigenvalue weighted by molar-refractivity contribution is -0.138. The van der Waals surface area contributed by atoms with Crippen molar-refractivity contribution in [2.75, 3.05) is 0 Å². The first-order chi connectivity index (χ1) is 12.5. The van der Waals surface area contributed by atoms with E-state index in [2.05, 4.69) is 20.8 Å². The summed E-state index contributed by atoms with van der Waals surface area (Å²) >= 11 is 0. The number of nitrogens with two attached hydrogens (primary N) is 1. The molecular weight excluding hydrogens is 338 g/mol. The third kappa shape index (κ3) is 3.28. The van der Waals surface area contributed by atoms with Gasteiger partial charge in [-0.15, -0.1) is 0 Å². The molecule has 3 N–H and O–H groups in total. The van der Waals surface area contributed by atoms with Crippen LogP contribution in [0.5, 0.6) is 5.75 Å². The van der Waals surface area contributed by atoms with Gasteiger partial charge >= 0.3 is 0 Å². The number of rotatable bonds is 3. The number of hydrogen-bond donors (Lipinski definition) is 2. The number of amides is 1. The second-order valence-corrected chi connectivity index (χ2v) is 9.90. The number of carbonyl (C=O) groups excluding carboxylic acids is 2. The number of phenols is 1. The van der Waals surface area contributed by atoms with E-state index in [0.29, 0.717) is 5.56 Å². The van der Waals surface area contributed by atoms with Crippen molar-refractivity contribution in [3.05, 3.63) is 29.3 Å². The molecule has 0 spiro atoms. The normalized spacial score (nSPS) is 35.3. The molecule has 0 radical (unpaired) electrons. The van der Waals surface area contributed by atoms with Gasteiger partial charge in [0.25, 0.3) is 0 Å². The number of benzene rings is 1. The molecule has 1 aromatic rings. The molecule has 5 atom stereocenters. The number of aryl methyl sites for hydroxylation is 1. The van der Waals surface area contributed by atoms with Crippen LogP contribution in [0, 0.1) is 41.4 Å². The van der Waals surface area contributed by atoms with Crippen molar-refractivity contribution in [2.24, 2.45) is 40.2 Å². The molecule has 4 heteroatoms. The van der Waals surface area contributed by atoms with E-state index in [-0.39, 0.29) is 51.9 Å². The van der Waals surface area contributed by atoms with Gasteiger partial charge in [0.15, 0.2) is 5.78 Å². The van der Waals surface area contributed by atoms with Crippen molar-refractivity contribution in [1.82, 2.24) is 0 Å². The predicted molar refractivity (Wildman–Crippen MR) is 106 cm³/mol. The summed E-state index contributed by atoms with van der Waals surface area (Å²) in [4.78, 5) is 25.9. The fourth-order valence-corrected chi connectivity index (χ4v) is 6.43. The number of hydrogen-bond acceptors (Lipinski definition) is 3. The lowest BCUT2D eigenvalue weighted by Gasteiger charge is -2.60. The van der Waals surface area contributed by atoms with Crippen molar-refractivity contribution in [2.45, 2.75) is 60.3 Å². The minimum absolute atomic E-state index is 0.0395. The summed E-state index contributed by atoms with van der Waals surface area (Å²) in [5, 5.41) is 10.0. The number of carbonyl (C=O) groups is 2. The van der Waals surface area contributed by atoms with Gasteiger partial charge in [0, 0.05) is 17.4 Å². The lowest BCUT2D eigenvalue weighted by atomic mass is 9.44. The number of phenolic OH excluding ortho intramolecular Hbond substituents is 1. The lowest BCUT2D eigenvalue weighted by Crippen LogP contribution is -2.57. The van der Waals surface area contributed by atoms with Gasteiger partial charge in [0.1, 0.15) is 5.75 Å². The molecule has 4 nitrogen and oxygen atoms in total. The highest BCUT2D eigenvalue weighted by molar-refractivity contribution is 5.99. The Kier molecular flexibility index (Phi) is 4.90. The summed E-state index contributed by atoms with van der Waals surface area (Å²) in [6.07, 6.45) is 3.96. The van der Waals surface area contributed by atoms with Crippen LogP contribution in [0.15, 0.2) is 18.2 Å². The summed E-state index contributed by atoms with van der Waals surface area (Å²) in [6.45, 7) is 10.7. The molecule has 0 heterocycles. The molecule has 2 aliphatic rings. The molecule has 2 aliphatic carbocycles. The average Bonchev–Trinajstić information content (AvgIpc) is 2.52. The maximum absolute atomic E-state index is 13.7. The van der Waals surface area contributed by atoms with Crippen molar-refractivity contribution in [1.29, 1.82) is 0 Å². The van der Waals surface area contributed by atoms with Gasteiger partial charge in [0.2, 0.25) is 5.91 Å². The molecule has 148 valence electrons. The van der Waals surface area contributed by atoms with Crippen molar-refractivity contribution in [3.63, 3.8) is 0 Å². The minimum Gasteiger partial charge on any atom is -0.508 e. The van der Waals surface area contributed by atoms with Gasteiger partial charge in [-0.2, -0.15) is 0 Å². The van der Waals surface area contributed by atoms with Crippen LogP contribution in [0.4, 0.5) is 0 Å². The van der Waals surface area contributed by atoms with E-state index in [1.165, 1.54) is 0 Å². The van der Waals surface area contributed by atoms with E-state index in [1.807, 2.05) is 19.9 Å². The highest BCUT2D eigenvalue weighted by atomic mass is 16.3. The van der Waals surface area contributed by atoms with Crippen LogP contribution in [-0.4, -0.2) is 16.8 Å². The Morgan fingerprint density at radius 1 is 1.15 bits per heavy atom. The van der Waals surface area contributed by atoms with Gasteiger partial charge in [-0.3, -0.25) is 9.59 Å². The summed E-state index contributed by atoms with van der Waals surface area (Å²) < 4.78 is 0. The summed E-state index contributed by atoms with van der Waals surface area (Å²) in [5.41, 5.74) is 7.08. The zero-order valence-electron chi connectivity index (χ0n) is 17.2. The average molecular weight is 372 g/mol. The van der Waals surface area contributed by atoms with Gasteiger partial charge in [-0.25, -0.2) is 0 Å². The van der Waals surface area contributed by atoms with E-state index in [4.69, 9.17) is 5.73 Å². The van der Waals surface area contributed by atoms with Crippen LogP contribution in [-0.2, 0) is 4.79 Å². The Morgan fingerprint density at radius 2 is 1.81 bits per heavy atom. The van der Waals surface area contributed by atoms with Gasteiger partial charge in [-0.1, -0.05) is 34.1 Å². The van der Waals surface area contributed by atoms with Crippen LogP contribution in [0.1, 0.15) is 69.3 Å². The van der Waals surface area contributed by atoms with Crippen molar-refractivity contribution >= 4 is 11.7 Å². The predicted octanol–water partition coefficient (Wildman–Crippen LogP) is 4.47. The molecule has 27 heavy (non-hydrogen) atoms. The van der Waals surface area contributed by atoms with Gasteiger partial charge in [0.05, 0.1) is 0 Å². The van der Waals surface area contributed by atoms with E-state index in [0.717, 1.165) is 31.2 Å². The highest BCUT2D eigenvalue weighted by Crippen LogP contribution is 2.62. The highest BCUT2D eigenvalue weighted by Gasteiger charge is 2.59. The molecule has 2 fully saturated rings. The molecule has 1 unspecified atom stereocenters. The summed E-state index contributed by atoms with van der Waals surface area (Å²) in [7, 11) is 0. The van der Waals surface area contributed by atoms with Crippen LogP contribution in [0.3, 0.4) is 0 Å². The van der Waals surface area contributed by atoms with Crippen LogP contribution in [0.25, 0.3) is 0 Å². The van der Waals surface area contributed by atoms with Crippen LogP contribution >= 0.6 is 0 Å². The third-order valence-electron chi connectivity index (χ3n) is 7.63. The monoisotopic (exact) mass is 371 g/mol. The first-order valence-corrected chi connectivity index (χ1v) is 10.1. The quantitative estimate of drug-likeness (QED) is 0.769. The van der Waals surface area contributed by atoms with Crippen LogP contribution < -0.4 is 5.73 Å². The first-order valence-electron chi connectivity index (χ1n) is 10.1. The zero-order valence-corrected chi connectivity index (χ0v) is 17.2. The van der Waals surface area contributed by atoms with E-state index in [1.54, 1.807) is 12.1 Å². The molecule has 1 aromatic carbocycles. The summed E-state index contributed by atoms with van der Waals surface area (Å²) in [6, 6.07) is 5.05. The minimum atomic E-state index is -0.296. The molecule has 0 aliphatic heterocycles. The fourth-order valence-electron chi connectivity index (χ4n) is 6.43. The van der Waals surface area contributed by atoms with Gasteiger partial charge in [-0.05, 0) is 72.6 Å². The SMILES string of the molecule is Cc1cc(O)cc(C(=O)[C@H]2[C@H](C)C(C(N)=O)C[C@H]3C(C)(C)CCC[C@]23C)c1. The summed E-state index contributed by atoms with van der Waals surface area (Å²) in [5.74, 6) is -0.526. The number of fused-ring (bicyclic) bond motifs is 1. The molecule has 0 aromatic heterocycles. The third-order valence-corrected chi connectivity index (χ3v) is 7.63. The standard InChI is InChI=1S/C23H33NO3/c1-13-9-15(11-16(25)10-13)20(26)19-14(2)17(21(24)27)12-18-22(3,4)7-6-8-23(18,19)5/h9-11,14,17-19,25H,6-8,12H2,1-5H3,(H2,24,27)/t14-,17?,18+,19-,23+/m1/s1. The number of primary amides is 1. The fraction of sp³-hybridized carbons (Fsp3) is 0.652. The Balaban J connectivity index is 2.11. The zero-order chi connectivity index (χ0) is 20.1. The van der Waals surface area contributed by atoms with E-state index in [9.17, 15) is 14.7 Å². The Labute approximate surface area is 162 Å². The second kappa shape index (κ2) is 6.65. The Hall–Kier alpha value is -1.84. The number of Topliss-reactive ketones (excluding diaryl/α,β-unsaturated/α-hetero) is 1.